The predicted molar refractivity (Wildman–Crippen MR) is 131 cm³/mol. The first-order valence-corrected chi connectivity index (χ1v) is 11.5. The second kappa shape index (κ2) is 11.8. The van der Waals surface area contributed by atoms with Gasteiger partial charge >= 0.3 is 5.69 Å². The molecule has 33 heavy (non-hydrogen) atoms. The number of amides is 1. The molecule has 0 atom stereocenters. The van der Waals surface area contributed by atoms with E-state index >= 15 is 0 Å². The van der Waals surface area contributed by atoms with Gasteiger partial charge in [0, 0.05) is 18.7 Å². The van der Waals surface area contributed by atoms with Crippen LogP contribution in [-0.4, -0.2) is 35.7 Å². The number of methoxy groups -OCH3 is 1. The number of aromatic nitrogens is 2. The first kappa shape index (κ1) is 26.3. The van der Waals surface area contributed by atoms with Crippen molar-refractivity contribution in [2.24, 2.45) is 5.92 Å². The summed E-state index contributed by atoms with van der Waals surface area (Å²) in [4.78, 5) is 42.4. The minimum atomic E-state index is -0.716. The molecule has 182 valence electrons. The van der Waals surface area contributed by atoms with E-state index in [0.29, 0.717) is 37.5 Å². The first-order chi connectivity index (χ1) is 15.7. The van der Waals surface area contributed by atoms with Gasteiger partial charge in [-0.15, -0.1) is 0 Å². The van der Waals surface area contributed by atoms with Crippen molar-refractivity contribution < 1.29 is 14.3 Å². The van der Waals surface area contributed by atoms with E-state index < -0.39 is 17.2 Å². The number of H-pyrrole nitrogens is 1. The number of halogens is 1. The molecule has 1 aromatic heterocycles. The van der Waals surface area contributed by atoms with Crippen LogP contribution in [0.1, 0.15) is 57.3 Å². The van der Waals surface area contributed by atoms with E-state index in [9.17, 15) is 14.4 Å². The highest BCUT2D eigenvalue weighted by atomic mass is 35.5. The van der Waals surface area contributed by atoms with Gasteiger partial charge in [-0.1, -0.05) is 38.8 Å². The number of nitrogens with one attached hydrogen (secondary N) is 1. The molecule has 0 aliphatic heterocycles. The average molecular weight is 481 g/mol. The minimum Gasteiger partial charge on any atom is -0.493 e. The molecule has 0 saturated heterocycles. The highest BCUT2D eigenvalue weighted by molar-refractivity contribution is 6.32. The molecule has 0 aliphatic rings. The fraction of sp³-hybridized carbons (Fsp3) is 0.522. The highest BCUT2D eigenvalue weighted by Gasteiger charge is 2.27. The monoisotopic (exact) mass is 480 g/mol. The molecule has 0 radical (unpaired) electrons. The van der Waals surface area contributed by atoms with Crippen LogP contribution in [0.2, 0.25) is 5.02 Å². The third kappa shape index (κ3) is 6.10. The first-order valence-electron chi connectivity index (χ1n) is 11.1. The lowest BCUT2D eigenvalue weighted by molar-refractivity contribution is 0.0985. The quantitative estimate of drug-likeness (QED) is 0.506. The number of nitrogens with two attached hydrogens (primary N) is 1. The number of carbonyl (C=O) groups excluding carboxylic acids is 1. The number of anilines is 2. The molecule has 10 heteroatoms. The van der Waals surface area contributed by atoms with Crippen molar-refractivity contribution >= 4 is 29.0 Å². The Kier molecular flexibility index (Phi) is 9.40. The Morgan fingerprint density at radius 3 is 2.55 bits per heavy atom. The van der Waals surface area contributed by atoms with Crippen molar-refractivity contribution in [2.45, 2.75) is 53.5 Å². The molecule has 2 aromatic rings. The Morgan fingerprint density at radius 2 is 1.97 bits per heavy atom. The Balaban J connectivity index is 2.65. The number of ether oxygens (including phenoxy) is 2. The van der Waals surface area contributed by atoms with E-state index in [1.165, 1.54) is 28.7 Å². The maximum Gasteiger partial charge on any atom is 0.330 e. The number of unbranched alkanes of at least 4 members (excludes halogenated alkanes) is 1. The molecule has 0 saturated carbocycles. The molecule has 1 aromatic carbocycles. The van der Waals surface area contributed by atoms with Crippen LogP contribution in [0, 0.1) is 5.92 Å². The normalized spacial score (nSPS) is 11.0. The van der Waals surface area contributed by atoms with Crippen molar-refractivity contribution in [3.63, 3.8) is 0 Å². The zero-order valence-corrected chi connectivity index (χ0v) is 20.6. The summed E-state index contributed by atoms with van der Waals surface area (Å²) in [5.74, 6) is 0.351. The Morgan fingerprint density at radius 1 is 1.27 bits per heavy atom. The largest absolute Gasteiger partial charge is 0.493 e. The minimum absolute atomic E-state index is 0.0432. The zero-order valence-electron chi connectivity index (χ0n) is 19.9. The number of nitrogen functional groups attached to an aromatic ring is 1. The third-order valence-corrected chi connectivity index (χ3v) is 5.44. The average Bonchev–Trinajstić information content (AvgIpc) is 2.76. The van der Waals surface area contributed by atoms with E-state index in [-0.39, 0.29) is 34.6 Å². The Bertz CT molecular complexity index is 1090. The standard InChI is InChI=1S/C23H33ClN4O5/c1-6-8-10-28-20(25)18(21(29)26-23(28)31)27(11-9-14(3)4)22(30)15-12-16(24)19(33-7-2)17(13-15)32-5/h12-14H,6-11,25H2,1-5H3,(H,26,29,31). The number of aromatic amines is 1. The van der Waals surface area contributed by atoms with Gasteiger partial charge in [-0.05, 0) is 37.8 Å². The van der Waals surface area contributed by atoms with Crippen molar-refractivity contribution in [1.82, 2.24) is 9.55 Å². The van der Waals surface area contributed by atoms with Gasteiger partial charge in [0.25, 0.3) is 11.5 Å². The van der Waals surface area contributed by atoms with E-state index in [0.717, 1.165) is 6.42 Å². The molecular formula is C23H33ClN4O5. The zero-order chi connectivity index (χ0) is 24.7. The number of benzene rings is 1. The molecule has 3 N–H and O–H groups in total. The van der Waals surface area contributed by atoms with Gasteiger partial charge in [0.1, 0.15) is 5.82 Å². The molecule has 9 nitrogen and oxygen atoms in total. The number of hydrogen-bond donors (Lipinski definition) is 2. The summed E-state index contributed by atoms with van der Waals surface area (Å²) in [6.07, 6.45) is 2.14. The lowest BCUT2D eigenvalue weighted by Crippen LogP contribution is -2.42. The second-order valence-electron chi connectivity index (χ2n) is 8.06. The van der Waals surface area contributed by atoms with Gasteiger partial charge in [-0.3, -0.25) is 19.1 Å². The molecule has 0 bridgehead atoms. The van der Waals surface area contributed by atoms with Crippen LogP contribution in [0.5, 0.6) is 11.5 Å². The van der Waals surface area contributed by atoms with Crippen molar-refractivity contribution in [3.05, 3.63) is 43.6 Å². The molecule has 2 rings (SSSR count). The highest BCUT2D eigenvalue weighted by Crippen LogP contribution is 2.37. The summed E-state index contributed by atoms with van der Waals surface area (Å²) in [7, 11) is 1.45. The topological polar surface area (TPSA) is 120 Å². The van der Waals surface area contributed by atoms with Crippen LogP contribution in [0.15, 0.2) is 21.7 Å². The summed E-state index contributed by atoms with van der Waals surface area (Å²) >= 11 is 6.37. The summed E-state index contributed by atoms with van der Waals surface area (Å²) < 4.78 is 12.2. The van der Waals surface area contributed by atoms with Crippen molar-refractivity contribution in [2.75, 3.05) is 30.9 Å². The fourth-order valence-corrected chi connectivity index (χ4v) is 3.63. The van der Waals surface area contributed by atoms with Gasteiger partial charge in [-0.25, -0.2) is 4.79 Å². The number of nitrogens with zero attached hydrogens (tertiary/aromatic N) is 2. The molecule has 0 aliphatic carbocycles. The van der Waals surface area contributed by atoms with Gasteiger partial charge in [0.15, 0.2) is 17.2 Å². The van der Waals surface area contributed by atoms with Crippen molar-refractivity contribution in [1.29, 1.82) is 0 Å². The molecule has 0 fully saturated rings. The van der Waals surface area contributed by atoms with Gasteiger partial charge < -0.3 is 20.1 Å². The van der Waals surface area contributed by atoms with E-state index in [4.69, 9.17) is 26.8 Å². The molecule has 1 amide bonds. The predicted octanol–water partition coefficient (Wildman–Crippen LogP) is 3.67. The number of hydrogen-bond acceptors (Lipinski definition) is 6. The van der Waals surface area contributed by atoms with Gasteiger partial charge in [0.2, 0.25) is 0 Å². The SMILES string of the molecule is CCCCn1c(N)c(N(CCC(C)C)C(=O)c2cc(Cl)c(OCC)c(OC)c2)c(=O)[nH]c1=O. The summed E-state index contributed by atoms with van der Waals surface area (Å²) in [5.41, 5.74) is 5.11. The Hall–Kier alpha value is -2.94. The van der Waals surface area contributed by atoms with Crippen LogP contribution in [0.3, 0.4) is 0 Å². The van der Waals surface area contributed by atoms with Crippen molar-refractivity contribution in [3.8, 4) is 11.5 Å². The van der Waals surface area contributed by atoms with E-state index in [2.05, 4.69) is 4.98 Å². The van der Waals surface area contributed by atoms with Gasteiger partial charge in [-0.2, -0.15) is 0 Å². The molecule has 1 heterocycles. The third-order valence-electron chi connectivity index (χ3n) is 5.16. The van der Waals surface area contributed by atoms with E-state index in [1.807, 2.05) is 27.7 Å². The van der Waals surface area contributed by atoms with Gasteiger partial charge in [0.05, 0.1) is 18.7 Å². The maximum absolute atomic E-state index is 13.6. The lowest BCUT2D eigenvalue weighted by Gasteiger charge is -2.26. The summed E-state index contributed by atoms with van der Waals surface area (Å²) in [5, 5.41) is 0.207. The number of carbonyl (C=O) groups is 1. The van der Waals surface area contributed by atoms with Crippen LogP contribution in [0.25, 0.3) is 0 Å². The summed E-state index contributed by atoms with van der Waals surface area (Å²) in [6.45, 7) is 8.74. The summed E-state index contributed by atoms with van der Waals surface area (Å²) in [6, 6.07) is 2.98. The molecule has 0 unspecified atom stereocenters. The maximum atomic E-state index is 13.6. The fourth-order valence-electron chi connectivity index (χ4n) is 3.36. The van der Waals surface area contributed by atoms with Crippen LogP contribution in [0.4, 0.5) is 11.5 Å². The molecular weight excluding hydrogens is 448 g/mol. The molecule has 0 spiro atoms. The van der Waals surface area contributed by atoms with Crippen LogP contribution in [-0.2, 0) is 6.54 Å². The van der Waals surface area contributed by atoms with E-state index in [1.54, 1.807) is 0 Å². The smallest absolute Gasteiger partial charge is 0.330 e. The van der Waals surface area contributed by atoms with Crippen LogP contribution >= 0.6 is 11.6 Å². The number of rotatable bonds is 11. The Labute approximate surface area is 198 Å². The van der Waals surface area contributed by atoms with Crippen LogP contribution < -0.4 is 31.4 Å². The lowest BCUT2D eigenvalue weighted by atomic mass is 10.1. The second-order valence-corrected chi connectivity index (χ2v) is 8.47.